The number of esters is 1. The van der Waals surface area contributed by atoms with E-state index < -0.39 is 40.9 Å². The minimum Gasteiger partial charge on any atom is -0.458 e. The predicted molar refractivity (Wildman–Crippen MR) is 144 cm³/mol. The number of fused-ring (bicyclic) bond motifs is 5. The maximum absolute atomic E-state index is 13.4. The lowest BCUT2D eigenvalue weighted by molar-refractivity contribution is -0.181. The Balaban J connectivity index is 1.19. The summed E-state index contributed by atoms with van der Waals surface area (Å²) >= 11 is 1.54. The van der Waals surface area contributed by atoms with Gasteiger partial charge in [0.25, 0.3) is 0 Å². The second-order valence-corrected chi connectivity index (χ2v) is 12.9. The van der Waals surface area contributed by atoms with Gasteiger partial charge in [-0.2, -0.15) is 11.3 Å². The predicted octanol–water partition coefficient (Wildman–Crippen LogP) is 3.27. The molecule has 210 valence electrons. The molecule has 4 aliphatic carbocycles. The van der Waals surface area contributed by atoms with Gasteiger partial charge < -0.3 is 20.3 Å². The lowest BCUT2D eigenvalue weighted by Gasteiger charge is -2.59. The number of hydrogen-bond acceptors (Lipinski definition) is 8. The van der Waals surface area contributed by atoms with Crippen LogP contribution in [0.15, 0.2) is 40.6 Å². The first-order chi connectivity index (χ1) is 18.5. The number of aliphatic hydroxyl groups is 2. The summed E-state index contributed by atoms with van der Waals surface area (Å²) in [6, 6.07) is 1.91. The molecule has 0 aromatic carbocycles. The number of ether oxygens (including phenoxy) is 1. The van der Waals surface area contributed by atoms with E-state index in [2.05, 4.69) is 12.2 Å². The molecule has 0 bridgehead atoms. The van der Waals surface area contributed by atoms with Crippen LogP contribution in [0.4, 0.5) is 0 Å². The number of carbonyl (C=O) groups excluding carboxylic acids is 4. The van der Waals surface area contributed by atoms with E-state index in [4.69, 9.17) is 4.74 Å². The summed E-state index contributed by atoms with van der Waals surface area (Å²) in [6.07, 6.45) is 6.94. The number of ketones is 2. The van der Waals surface area contributed by atoms with E-state index in [1.165, 1.54) is 11.3 Å². The van der Waals surface area contributed by atoms with Crippen LogP contribution in [0.5, 0.6) is 0 Å². The van der Waals surface area contributed by atoms with Crippen molar-refractivity contribution in [2.75, 3.05) is 6.61 Å². The molecule has 0 unspecified atom stereocenters. The van der Waals surface area contributed by atoms with E-state index in [0.717, 1.165) is 24.0 Å². The van der Waals surface area contributed by atoms with Crippen LogP contribution in [-0.4, -0.2) is 52.0 Å². The normalized spacial score (nSPS) is 36.8. The maximum Gasteiger partial charge on any atom is 0.306 e. The zero-order chi connectivity index (χ0) is 28.0. The maximum atomic E-state index is 13.4. The van der Waals surface area contributed by atoms with E-state index >= 15 is 0 Å². The molecule has 7 atom stereocenters. The van der Waals surface area contributed by atoms with Gasteiger partial charge in [-0.15, -0.1) is 0 Å². The number of aliphatic hydroxyl groups excluding tert-OH is 1. The fraction of sp³-hybridized carbons (Fsp3) is 0.600. The van der Waals surface area contributed by atoms with Crippen LogP contribution < -0.4 is 5.32 Å². The standard InChI is InChI=1S/C30H37NO7S/c1-28-10-7-20(32)13-19(28)3-4-21-22-8-11-30(37,29(22,2)14-23(33)27(21)28)24(34)16-38-26(36)6-5-25(35)31-15-18-9-12-39-17-18/h7,9-10,12-13,17,21-23,27,33,37H,3-6,8,11,14-16H2,1-2H3,(H,31,35)/t21-,22+,23+,27+,28-,29+,30-/m0/s1. The van der Waals surface area contributed by atoms with Crippen LogP contribution in [0.1, 0.15) is 64.4 Å². The van der Waals surface area contributed by atoms with Crippen LogP contribution in [0.25, 0.3) is 0 Å². The smallest absolute Gasteiger partial charge is 0.306 e. The van der Waals surface area contributed by atoms with E-state index in [1.807, 2.05) is 29.8 Å². The molecule has 8 nitrogen and oxygen atoms in total. The third kappa shape index (κ3) is 4.83. The third-order valence-corrected chi connectivity index (χ3v) is 10.8. The zero-order valence-electron chi connectivity index (χ0n) is 22.5. The number of thiophene rings is 1. The van der Waals surface area contributed by atoms with Crippen molar-refractivity contribution in [1.82, 2.24) is 5.32 Å². The molecule has 0 aliphatic heterocycles. The summed E-state index contributed by atoms with van der Waals surface area (Å²) in [4.78, 5) is 49.7. The van der Waals surface area contributed by atoms with E-state index in [0.29, 0.717) is 13.0 Å². The average molecular weight is 556 g/mol. The second kappa shape index (κ2) is 10.4. The van der Waals surface area contributed by atoms with Crippen LogP contribution in [0, 0.1) is 28.6 Å². The lowest BCUT2D eigenvalue weighted by Crippen LogP contribution is -2.61. The Morgan fingerprint density at radius 1 is 1.21 bits per heavy atom. The van der Waals surface area contributed by atoms with Crippen molar-refractivity contribution in [3.05, 3.63) is 46.2 Å². The lowest BCUT2D eigenvalue weighted by atomic mass is 9.46. The highest BCUT2D eigenvalue weighted by molar-refractivity contribution is 7.07. The molecule has 39 heavy (non-hydrogen) atoms. The van der Waals surface area contributed by atoms with Gasteiger partial charge in [0.15, 0.2) is 12.4 Å². The van der Waals surface area contributed by atoms with Crippen molar-refractivity contribution < 1.29 is 34.1 Å². The van der Waals surface area contributed by atoms with Crippen molar-refractivity contribution in [2.45, 2.75) is 77.0 Å². The molecule has 0 spiro atoms. The summed E-state index contributed by atoms with van der Waals surface area (Å²) in [7, 11) is 0. The highest BCUT2D eigenvalue weighted by Gasteiger charge is 2.68. The number of amides is 1. The highest BCUT2D eigenvalue weighted by Crippen LogP contribution is 2.67. The fourth-order valence-corrected chi connectivity index (χ4v) is 8.69. The van der Waals surface area contributed by atoms with Gasteiger partial charge in [0.1, 0.15) is 5.60 Å². The monoisotopic (exact) mass is 555 g/mol. The van der Waals surface area contributed by atoms with Crippen molar-refractivity contribution in [1.29, 1.82) is 0 Å². The Labute approximate surface area is 232 Å². The number of Topliss-reactive ketones (excluding diaryl/α,β-unsaturated/α-hetero) is 1. The zero-order valence-corrected chi connectivity index (χ0v) is 23.3. The minimum atomic E-state index is -1.71. The molecule has 1 aromatic heterocycles. The van der Waals surface area contributed by atoms with Crippen LogP contribution in [0.2, 0.25) is 0 Å². The first kappa shape index (κ1) is 27.9. The molecule has 4 aliphatic rings. The van der Waals surface area contributed by atoms with Crippen LogP contribution in [0.3, 0.4) is 0 Å². The minimum absolute atomic E-state index is 0.0203. The molecule has 5 rings (SSSR count). The molecule has 3 N–H and O–H groups in total. The molecular formula is C30H37NO7S. The highest BCUT2D eigenvalue weighted by atomic mass is 32.1. The van der Waals surface area contributed by atoms with Crippen molar-refractivity contribution in [3.63, 3.8) is 0 Å². The molecule has 0 saturated heterocycles. The van der Waals surface area contributed by atoms with Crippen LogP contribution in [-0.2, 0) is 30.5 Å². The number of nitrogens with one attached hydrogen (secondary N) is 1. The number of hydrogen-bond donors (Lipinski definition) is 3. The van der Waals surface area contributed by atoms with Crippen LogP contribution >= 0.6 is 11.3 Å². The Hall–Kier alpha value is -2.62. The van der Waals surface area contributed by atoms with Gasteiger partial charge in [-0.05, 0) is 78.5 Å². The Morgan fingerprint density at radius 2 is 2.00 bits per heavy atom. The van der Waals surface area contributed by atoms with Gasteiger partial charge in [0.05, 0.1) is 12.5 Å². The average Bonchev–Trinajstić information content (AvgIpc) is 3.51. The fourth-order valence-electron chi connectivity index (χ4n) is 8.02. The van der Waals surface area contributed by atoms with Crippen molar-refractivity contribution >= 4 is 34.8 Å². The van der Waals surface area contributed by atoms with Gasteiger partial charge >= 0.3 is 5.97 Å². The number of rotatable bonds is 8. The van der Waals surface area contributed by atoms with Crippen molar-refractivity contribution in [2.24, 2.45) is 28.6 Å². The first-order valence-electron chi connectivity index (χ1n) is 13.8. The topological polar surface area (TPSA) is 130 Å². The van der Waals surface area contributed by atoms with E-state index in [9.17, 15) is 29.4 Å². The number of carbonyl (C=O) groups is 4. The summed E-state index contributed by atoms with van der Waals surface area (Å²) in [5, 5.41) is 29.8. The third-order valence-electron chi connectivity index (χ3n) is 10.1. The van der Waals surface area contributed by atoms with Gasteiger partial charge in [0.2, 0.25) is 11.7 Å². The SMILES string of the molecule is C[C@]12C=CC(=O)C=C1CC[C@@H]1[C@@H]2[C@H](O)C[C@]2(C)[C@@H]1CC[C@]2(O)C(=O)COC(=O)CCC(=O)NCc1ccsc1. The molecule has 9 heteroatoms. The quantitative estimate of drug-likeness (QED) is 0.420. The number of allylic oxidation sites excluding steroid dienone is 4. The molecular weight excluding hydrogens is 518 g/mol. The first-order valence-corrected chi connectivity index (χ1v) is 14.7. The summed E-state index contributed by atoms with van der Waals surface area (Å²) < 4.78 is 5.20. The molecule has 0 radical (unpaired) electrons. The summed E-state index contributed by atoms with van der Waals surface area (Å²) in [5.74, 6) is -1.51. The Kier molecular flexibility index (Phi) is 7.45. The van der Waals surface area contributed by atoms with Gasteiger partial charge in [0, 0.05) is 29.7 Å². The second-order valence-electron chi connectivity index (χ2n) is 12.1. The van der Waals surface area contributed by atoms with Gasteiger partial charge in [-0.25, -0.2) is 0 Å². The van der Waals surface area contributed by atoms with Crippen molar-refractivity contribution in [3.8, 4) is 0 Å². The Bertz CT molecular complexity index is 1220. The molecule has 3 saturated carbocycles. The molecule has 1 heterocycles. The summed E-state index contributed by atoms with van der Waals surface area (Å²) in [6.45, 7) is 3.80. The Morgan fingerprint density at radius 3 is 2.74 bits per heavy atom. The molecule has 1 aromatic rings. The largest absolute Gasteiger partial charge is 0.458 e. The van der Waals surface area contributed by atoms with E-state index in [-0.39, 0.29) is 55.1 Å². The van der Waals surface area contributed by atoms with Gasteiger partial charge in [-0.1, -0.05) is 25.5 Å². The molecule has 1 amide bonds. The van der Waals surface area contributed by atoms with E-state index in [1.54, 1.807) is 12.2 Å². The van der Waals surface area contributed by atoms with Gasteiger partial charge in [-0.3, -0.25) is 19.2 Å². The molecule has 3 fully saturated rings. The summed E-state index contributed by atoms with van der Waals surface area (Å²) in [5.41, 5.74) is -0.952.